The Labute approximate surface area is 98.6 Å². The molecular weight excluding hydrogens is 218 g/mol. The van der Waals surface area contributed by atoms with Crippen molar-refractivity contribution in [2.24, 2.45) is 5.73 Å². The number of rotatable bonds is 1. The summed E-state index contributed by atoms with van der Waals surface area (Å²) in [6, 6.07) is 8.08. The third-order valence-electron chi connectivity index (χ3n) is 2.27. The van der Waals surface area contributed by atoms with E-state index < -0.39 is 0 Å². The van der Waals surface area contributed by atoms with Crippen LogP contribution in [0, 0.1) is 19.3 Å². The average Bonchev–Trinajstić information content (AvgIpc) is 2.18. The first-order chi connectivity index (χ1) is 7.56. The van der Waals surface area contributed by atoms with E-state index in [2.05, 4.69) is 11.1 Å². The lowest BCUT2D eigenvalue weighted by Gasteiger charge is -2.07. The van der Waals surface area contributed by atoms with Gasteiger partial charge in [0.25, 0.3) is 0 Å². The predicted molar refractivity (Wildman–Crippen MR) is 69.0 cm³/mol. The minimum absolute atomic E-state index is 0.105. The lowest BCUT2D eigenvalue weighted by Crippen LogP contribution is -2.03. The summed E-state index contributed by atoms with van der Waals surface area (Å²) < 4.78 is 0. The van der Waals surface area contributed by atoms with Crippen LogP contribution >= 0.6 is 11.8 Å². The number of hydrogen-bond acceptors (Lipinski definition) is 3. The van der Waals surface area contributed by atoms with Gasteiger partial charge in [0.1, 0.15) is 0 Å². The van der Waals surface area contributed by atoms with Crippen molar-refractivity contribution in [1.29, 1.82) is 5.41 Å². The molecule has 0 aliphatic carbocycles. The Morgan fingerprint density at radius 2 is 2.06 bits per heavy atom. The van der Waals surface area contributed by atoms with Crippen molar-refractivity contribution in [3.05, 3.63) is 35.5 Å². The van der Waals surface area contributed by atoms with Gasteiger partial charge >= 0.3 is 0 Å². The lowest BCUT2D eigenvalue weighted by atomic mass is 10.1. The second-order valence-electron chi connectivity index (χ2n) is 3.75. The van der Waals surface area contributed by atoms with E-state index in [-0.39, 0.29) is 5.17 Å². The monoisotopic (exact) mass is 231 g/mol. The number of nitrogens with zero attached hydrogens (tertiary/aromatic N) is 1. The fourth-order valence-corrected chi connectivity index (χ4v) is 2.38. The zero-order valence-electron chi connectivity index (χ0n) is 9.24. The number of hydrogen-bond donors (Lipinski definition) is 2. The number of fused-ring (bicyclic) bond motifs is 1. The van der Waals surface area contributed by atoms with Gasteiger partial charge in [-0.2, -0.15) is 0 Å². The maximum Gasteiger partial charge on any atom is 0.155 e. The van der Waals surface area contributed by atoms with Gasteiger partial charge in [-0.15, -0.1) is 0 Å². The summed E-state index contributed by atoms with van der Waals surface area (Å²) in [5.41, 5.74) is 8.51. The van der Waals surface area contributed by atoms with Gasteiger partial charge < -0.3 is 5.73 Å². The van der Waals surface area contributed by atoms with Gasteiger partial charge in [0.2, 0.25) is 0 Å². The molecule has 4 heteroatoms. The van der Waals surface area contributed by atoms with Crippen LogP contribution in [0.1, 0.15) is 11.3 Å². The SMILES string of the molecule is Cc1ccc2nc(C)cc(SC(=N)N)c2c1. The maximum absolute atomic E-state index is 7.35. The molecule has 0 unspecified atom stereocenters. The smallest absolute Gasteiger partial charge is 0.155 e. The Bertz CT molecular complexity index is 563. The topological polar surface area (TPSA) is 62.8 Å². The lowest BCUT2D eigenvalue weighted by molar-refractivity contribution is 1.22. The van der Waals surface area contributed by atoms with E-state index in [1.54, 1.807) is 0 Å². The van der Waals surface area contributed by atoms with Crippen LogP contribution in [0.15, 0.2) is 29.2 Å². The molecule has 1 aromatic heterocycles. The van der Waals surface area contributed by atoms with Gasteiger partial charge in [-0.05, 0) is 32.0 Å². The van der Waals surface area contributed by atoms with Crippen molar-refractivity contribution in [3.8, 4) is 0 Å². The van der Waals surface area contributed by atoms with E-state index in [0.717, 1.165) is 21.5 Å². The molecular formula is C12H13N3S. The van der Waals surface area contributed by atoms with Crippen molar-refractivity contribution in [1.82, 2.24) is 4.98 Å². The molecule has 0 fully saturated rings. The van der Waals surface area contributed by atoms with Crippen LogP contribution < -0.4 is 5.73 Å². The molecule has 3 nitrogen and oxygen atoms in total. The van der Waals surface area contributed by atoms with Crippen molar-refractivity contribution in [3.63, 3.8) is 0 Å². The first-order valence-electron chi connectivity index (χ1n) is 4.96. The Morgan fingerprint density at radius 1 is 1.31 bits per heavy atom. The second kappa shape index (κ2) is 4.14. The molecule has 0 saturated heterocycles. The van der Waals surface area contributed by atoms with Crippen LogP contribution in [0.5, 0.6) is 0 Å². The predicted octanol–water partition coefficient (Wildman–Crippen LogP) is 2.84. The van der Waals surface area contributed by atoms with E-state index in [1.807, 2.05) is 32.0 Å². The van der Waals surface area contributed by atoms with Crippen molar-refractivity contribution in [2.75, 3.05) is 0 Å². The van der Waals surface area contributed by atoms with Crippen LogP contribution in [-0.2, 0) is 0 Å². The third-order valence-corrected chi connectivity index (χ3v) is 3.05. The zero-order chi connectivity index (χ0) is 11.7. The van der Waals surface area contributed by atoms with Crippen LogP contribution in [0.25, 0.3) is 10.9 Å². The molecule has 0 aliphatic rings. The molecule has 0 aliphatic heterocycles. The number of nitrogens with one attached hydrogen (secondary N) is 1. The minimum atomic E-state index is 0.105. The van der Waals surface area contributed by atoms with Crippen molar-refractivity contribution < 1.29 is 0 Å². The number of benzene rings is 1. The highest BCUT2D eigenvalue weighted by Crippen LogP contribution is 2.28. The molecule has 0 radical (unpaired) electrons. The number of thioether (sulfide) groups is 1. The molecule has 2 rings (SSSR count). The van der Waals surface area contributed by atoms with Crippen LogP contribution in [0.4, 0.5) is 0 Å². The molecule has 1 heterocycles. The third kappa shape index (κ3) is 2.17. The van der Waals surface area contributed by atoms with Crippen LogP contribution in [0.2, 0.25) is 0 Å². The van der Waals surface area contributed by atoms with E-state index in [4.69, 9.17) is 11.1 Å². The highest BCUT2D eigenvalue weighted by atomic mass is 32.2. The standard InChI is InChI=1S/C12H13N3S/c1-7-3-4-10-9(5-7)11(16-12(13)14)6-8(2)15-10/h3-6H,1-2H3,(H3,13,14). The Morgan fingerprint density at radius 3 is 2.75 bits per heavy atom. The van der Waals surface area contributed by atoms with Gasteiger partial charge in [0.05, 0.1) is 5.52 Å². The summed E-state index contributed by atoms with van der Waals surface area (Å²) in [4.78, 5) is 5.46. The van der Waals surface area contributed by atoms with Gasteiger partial charge in [0.15, 0.2) is 5.17 Å². The van der Waals surface area contributed by atoms with Crippen LogP contribution in [0.3, 0.4) is 0 Å². The van der Waals surface area contributed by atoms with Gasteiger partial charge in [-0.3, -0.25) is 10.4 Å². The van der Waals surface area contributed by atoms with Gasteiger partial charge in [-0.1, -0.05) is 23.4 Å². The number of amidine groups is 1. The number of aromatic nitrogens is 1. The van der Waals surface area contributed by atoms with Gasteiger partial charge in [-0.25, -0.2) is 0 Å². The summed E-state index contributed by atoms with van der Waals surface area (Å²) in [5.74, 6) is 0. The van der Waals surface area contributed by atoms with E-state index in [0.29, 0.717) is 0 Å². The first kappa shape index (κ1) is 11.0. The summed E-state index contributed by atoms with van der Waals surface area (Å²) in [6.07, 6.45) is 0. The molecule has 0 amide bonds. The molecule has 0 atom stereocenters. The van der Waals surface area contributed by atoms with E-state index >= 15 is 0 Å². The molecule has 0 bridgehead atoms. The number of pyridine rings is 1. The van der Waals surface area contributed by atoms with Crippen molar-refractivity contribution >= 4 is 27.8 Å². The van der Waals surface area contributed by atoms with E-state index in [9.17, 15) is 0 Å². The fraction of sp³-hybridized carbons (Fsp3) is 0.167. The zero-order valence-corrected chi connectivity index (χ0v) is 10.1. The molecule has 0 saturated carbocycles. The maximum atomic E-state index is 7.35. The Kier molecular flexibility index (Phi) is 2.83. The summed E-state index contributed by atoms with van der Waals surface area (Å²) >= 11 is 1.27. The average molecular weight is 231 g/mol. The summed E-state index contributed by atoms with van der Waals surface area (Å²) in [5, 5.41) is 8.52. The van der Waals surface area contributed by atoms with Gasteiger partial charge in [0, 0.05) is 16.0 Å². The molecule has 82 valence electrons. The number of nitrogens with two attached hydrogens (primary N) is 1. The van der Waals surface area contributed by atoms with Crippen molar-refractivity contribution in [2.45, 2.75) is 18.7 Å². The first-order valence-corrected chi connectivity index (χ1v) is 5.78. The Balaban J connectivity index is 2.69. The molecule has 16 heavy (non-hydrogen) atoms. The quantitative estimate of drug-likeness (QED) is 0.450. The second-order valence-corrected chi connectivity index (χ2v) is 4.83. The Hall–Kier alpha value is -1.55. The number of aryl methyl sites for hydroxylation is 2. The molecule has 1 aromatic carbocycles. The molecule has 3 N–H and O–H groups in total. The highest BCUT2D eigenvalue weighted by Gasteiger charge is 2.06. The fourth-order valence-electron chi connectivity index (χ4n) is 1.64. The highest BCUT2D eigenvalue weighted by molar-refractivity contribution is 8.13. The van der Waals surface area contributed by atoms with E-state index in [1.165, 1.54) is 17.3 Å². The summed E-state index contributed by atoms with van der Waals surface area (Å²) in [7, 11) is 0. The largest absolute Gasteiger partial charge is 0.378 e. The molecule has 2 aromatic rings. The summed E-state index contributed by atoms with van der Waals surface area (Å²) in [6.45, 7) is 3.99. The van der Waals surface area contributed by atoms with Crippen LogP contribution in [-0.4, -0.2) is 10.2 Å². The molecule has 0 spiro atoms. The minimum Gasteiger partial charge on any atom is -0.378 e. The normalized spacial score (nSPS) is 10.6.